The summed E-state index contributed by atoms with van der Waals surface area (Å²) >= 11 is 0. The van der Waals surface area contributed by atoms with E-state index in [0.717, 1.165) is 6.42 Å². The third kappa shape index (κ3) is 4.15. The molecule has 7 heteroatoms. The van der Waals surface area contributed by atoms with E-state index in [1.165, 1.54) is 4.90 Å². The fraction of sp³-hybridized carbons (Fsp3) is 0.229. The van der Waals surface area contributed by atoms with Gasteiger partial charge in [-0.25, -0.2) is 9.78 Å². The van der Waals surface area contributed by atoms with Gasteiger partial charge in [0.15, 0.2) is 6.10 Å². The summed E-state index contributed by atoms with van der Waals surface area (Å²) in [4.78, 5) is 59.1. The number of aromatic nitrogens is 1. The number of esters is 1. The lowest BCUT2D eigenvalue weighted by atomic mass is 9.85. The van der Waals surface area contributed by atoms with Crippen molar-refractivity contribution in [3.63, 3.8) is 0 Å². The first kappa shape index (κ1) is 26.0. The average molecular weight is 557 g/mol. The lowest BCUT2D eigenvalue weighted by Crippen LogP contribution is -2.32. The van der Waals surface area contributed by atoms with Gasteiger partial charge < -0.3 is 4.74 Å². The summed E-state index contributed by atoms with van der Waals surface area (Å²) in [6.45, 7) is 1.81. The van der Waals surface area contributed by atoms with E-state index < -0.39 is 12.1 Å². The minimum absolute atomic E-state index is 0.126. The van der Waals surface area contributed by atoms with Gasteiger partial charge in [0.2, 0.25) is 17.6 Å². The highest BCUT2D eigenvalue weighted by molar-refractivity contribution is 6.22. The van der Waals surface area contributed by atoms with Crippen LogP contribution in [-0.4, -0.2) is 34.7 Å². The van der Waals surface area contributed by atoms with Crippen LogP contribution < -0.4 is 4.90 Å². The lowest BCUT2D eigenvalue weighted by molar-refractivity contribution is -0.123. The first-order chi connectivity index (χ1) is 20.4. The van der Waals surface area contributed by atoms with Crippen LogP contribution >= 0.6 is 0 Å². The fourth-order valence-corrected chi connectivity index (χ4v) is 6.73. The Morgan fingerprint density at radius 2 is 1.52 bits per heavy atom. The van der Waals surface area contributed by atoms with Crippen LogP contribution in [0.5, 0.6) is 0 Å². The molecule has 2 amide bonds. The Kier molecular flexibility index (Phi) is 6.30. The highest BCUT2D eigenvalue weighted by atomic mass is 16.5. The van der Waals surface area contributed by atoms with Crippen molar-refractivity contribution in [2.24, 2.45) is 23.7 Å². The first-order valence-corrected chi connectivity index (χ1v) is 14.3. The predicted octanol–water partition coefficient (Wildman–Crippen LogP) is 6.03. The Hall–Kier alpha value is -4.91. The third-order valence-electron chi connectivity index (χ3n) is 8.80. The third-order valence-corrected chi connectivity index (χ3v) is 8.80. The molecule has 5 unspecified atom stereocenters. The van der Waals surface area contributed by atoms with Crippen LogP contribution in [0.3, 0.4) is 0 Å². The molecule has 1 saturated heterocycles. The first-order valence-electron chi connectivity index (χ1n) is 14.3. The number of ether oxygens (including phenoxy) is 1. The minimum Gasteiger partial charge on any atom is -0.450 e. The van der Waals surface area contributed by atoms with Gasteiger partial charge in [-0.1, -0.05) is 79.7 Å². The number of allylic oxidation sites excluding steroid dienone is 2. The Balaban J connectivity index is 1.18. The van der Waals surface area contributed by atoms with Gasteiger partial charge in [-0.2, -0.15) is 0 Å². The Bertz CT molecular complexity index is 1750. The molecule has 2 fully saturated rings. The number of imide groups is 1. The molecule has 1 aliphatic heterocycles. The zero-order valence-corrected chi connectivity index (χ0v) is 23.0. The molecule has 1 saturated carbocycles. The van der Waals surface area contributed by atoms with Crippen molar-refractivity contribution in [2.75, 3.05) is 4.90 Å². The summed E-state index contributed by atoms with van der Waals surface area (Å²) in [5.41, 5.74) is 3.18. The molecule has 4 aromatic rings. The highest BCUT2D eigenvalue weighted by Crippen LogP contribution is 2.53. The van der Waals surface area contributed by atoms with Crippen molar-refractivity contribution < 1.29 is 23.9 Å². The van der Waals surface area contributed by atoms with E-state index in [1.807, 2.05) is 24.3 Å². The minimum atomic E-state index is -0.921. The molecular weight excluding hydrogens is 528 g/mol. The van der Waals surface area contributed by atoms with Gasteiger partial charge in [0.25, 0.3) is 0 Å². The SMILES string of the molecule is CCC(OC(=O)c1cc(-c2ccc(N3C(=O)C4C5C=CC(C5)C4C3=O)cc2)nc2ccccc12)C(=O)c1ccccc1. The van der Waals surface area contributed by atoms with Gasteiger partial charge in [0.05, 0.1) is 34.3 Å². The van der Waals surface area contributed by atoms with E-state index in [4.69, 9.17) is 9.72 Å². The molecule has 3 aromatic carbocycles. The van der Waals surface area contributed by atoms with Crippen molar-refractivity contribution >= 4 is 40.2 Å². The van der Waals surface area contributed by atoms with E-state index in [-0.39, 0.29) is 41.3 Å². The molecule has 7 rings (SSSR count). The van der Waals surface area contributed by atoms with Crippen LogP contribution in [0.2, 0.25) is 0 Å². The Morgan fingerprint density at radius 3 is 2.19 bits per heavy atom. The van der Waals surface area contributed by atoms with Gasteiger partial charge >= 0.3 is 5.97 Å². The molecule has 2 aliphatic carbocycles. The van der Waals surface area contributed by atoms with E-state index in [1.54, 1.807) is 67.6 Å². The van der Waals surface area contributed by atoms with Gasteiger partial charge in [0, 0.05) is 16.5 Å². The number of carbonyl (C=O) groups excluding carboxylic acids is 4. The predicted molar refractivity (Wildman–Crippen MR) is 158 cm³/mol. The largest absolute Gasteiger partial charge is 0.450 e. The van der Waals surface area contributed by atoms with E-state index in [2.05, 4.69) is 12.2 Å². The van der Waals surface area contributed by atoms with Gasteiger partial charge in [0.1, 0.15) is 0 Å². The second-order valence-corrected chi connectivity index (χ2v) is 11.2. The number of hydrogen-bond acceptors (Lipinski definition) is 6. The maximum Gasteiger partial charge on any atom is 0.339 e. The quantitative estimate of drug-likeness (QED) is 0.119. The molecular formula is C35H28N2O5. The summed E-state index contributed by atoms with van der Waals surface area (Å²) in [5, 5.41) is 0.618. The number of Topliss-reactive ketones (excluding diaryl/α,β-unsaturated/α-hetero) is 1. The molecule has 2 bridgehead atoms. The number of carbonyl (C=O) groups is 4. The Labute approximate surface area is 242 Å². The summed E-state index contributed by atoms with van der Waals surface area (Å²) < 4.78 is 5.77. The molecule has 0 N–H and O–H groups in total. The maximum atomic E-state index is 13.5. The van der Waals surface area contributed by atoms with Crippen LogP contribution in [0.4, 0.5) is 5.69 Å². The van der Waals surface area contributed by atoms with Crippen LogP contribution in [-0.2, 0) is 14.3 Å². The van der Waals surface area contributed by atoms with Gasteiger partial charge in [-0.05, 0) is 48.9 Å². The molecule has 1 aromatic heterocycles. The fourth-order valence-electron chi connectivity index (χ4n) is 6.73. The van der Waals surface area contributed by atoms with E-state index >= 15 is 0 Å². The molecule has 0 radical (unpaired) electrons. The summed E-state index contributed by atoms with van der Waals surface area (Å²) in [5.74, 6) is -1.33. The summed E-state index contributed by atoms with van der Waals surface area (Å²) in [7, 11) is 0. The molecule has 42 heavy (non-hydrogen) atoms. The van der Waals surface area contributed by atoms with Crippen molar-refractivity contribution in [3.05, 3.63) is 108 Å². The lowest BCUT2D eigenvalue weighted by Gasteiger charge is -2.18. The second kappa shape index (κ2) is 10.2. The number of nitrogens with zero attached hydrogens (tertiary/aromatic N) is 2. The van der Waals surface area contributed by atoms with E-state index in [0.29, 0.717) is 45.4 Å². The van der Waals surface area contributed by atoms with Crippen LogP contribution in [0.1, 0.15) is 40.5 Å². The van der Waals surface area contributed by atoms with Crippen molar-refractivity contribution in [1.82, 2.24) is 4.98 Å². The molecule has 3 aliphatic rings. The molecule has 7 nitrogen and oxygen atoms in total. The smallest absolute Gasteiger partial charge is 0.339 e. The van der Waals surface area contributed by atoms with Crippen molar-refractivity contribution in [3.8, 4) is 11.3 Å². The van der Waals surface area contributed by atoms with Crippen molar-refractivity contribution in [2.45, 2.75) is 25.9 Å². The molecule has 2 heterocycles. The molecule has 208 valence electrons. The van der Waals surface area contributed by atoms with E-state index in [9.17, 15) is 19.2 Å². The topological polar surface area (TPSA) is 93.6 Å². The van der Waals surface area contributed by atoms with Gasteiger partial charge in [-0.3, -0.25) is 19.3 Å². The number of rotatable bonds is 7. The van der Waals surface area contributed by atoms with Crippen LogP contribution in [0, 0.1) is 23.7 Å². The second-order valence-electron chi connectivity index (χ2n) is 11.2. The number of benzene rings is 3. The number of amides is 2. The monoisotopic (exact) mass is 556 g/mol. The number of anilines is 1. The number of pyridine rings is 1. The van der Waals surface area contributed by atoms with Crippen molar-refractivity contribution in [1.29, 1.82) is 0 Å². The molecule has 5 atom stereocenters. The van der Waals surface area contributed by atoms with Gasteiger partial charge in [-0.15, -0.1) is 0 Å². The maximum absolute atomic E-state index is 13.5. The summed E-state index contributed by atoms with van der Waals surface area (Å²) in [6.07, 6.45) is 4.46. The number of ketones is 1. The number of fused-ring (bicyclic) bond motifs is 6. The standard InChI is InChI=1S/C35H28N2O5/c1-2-29(32(38)21-8-4-3-5-9-21)42-35(41)26-19-28(36-27-11-7-6-10-25(26)27)20-14-16-24(17-15-20)37-33(39)30-22-12-13-23(18-22)31(30)34(37)40/h3-17,19,22-23,29-31H,2,18H2,1H3. The molecule has 0 spiro atoms. The van der Waals surface area contributed by atoms with Crippen LogP contribution in [0.15, 0.2) is 97.1 Å². The normalized spacial score (nSPS) is 22.9. The Morgan fingerprint density at radius 1 is 0.881 bits per heavy atom. The zero-order valence-electron chi connectivity index (χ0n) is 23.0. The summed E-state index contributed by atoms with van der Waals surface area (Å²) in [6, 6.07) is 24.9. The number of para-hydroxylation sites is 1. The number of hydrogen-bond donors (Lipinski definition) is 0. The zero-order chi connectivity index (χ0) is 29.0. The van der Waals surface area contributed by atoms with Crippen LogP contribution in [0.25, 0.3) is 22.2 Å². The highest BCUT2D eigenvalue weighted by Gasteiger charge is 2.59. The average Bonchev–Trinajstić information content (AvgIpc) is 3.72.